The summed E-state index contributed by atoms with van der Waals surface area (Å²) in [5, 5.41) is 0. The first-order valence-electron chi connectivity index (χ1n) is 11.2. The lowest BCUT2D eigenvalue weighted by molar-refractivity contribution is -0.138. The van der Waals surface area contributed by atoms with Crippen LogP contribution in [0, 0.1) is 11.8 Å². The second-order valence-corrected chi connectivity index (χ2v) is 9.12. The first-order valence-corrected chi connectivity index (χ1v) is 11.2. The average molecular weight is 398 g/mol. The van der Waals surface area contributed by atoms with Crippen molar-refractivity contribution in [3.8, 4) is 0 Å². The molecule has 4 heterocycles. The Kier molecular flexibility index (Phi) is 5.31. The van der Waals surface area contributed by atoms with Crippen molar-refractivity contribution in [1.82, 2.24) is 14.4 Å². The standard InChI is InChI=1S/C23H31N3O3/c27-22(18-4-1-2-5-18)25-13-17-12-20(16-25)21-7-6-19(23(28)26(21)14-17)15-24-8-3-10-29-11-9-24/h1-2,6-7,17-18,20H,3-5,8-16H2/t17-,20+/m0/s1. The number of likely N-dealkylation sites (tertiary alicyclic amines) is 1. The van der Waals surface area contributed by atoms with Crippen LogP contribution in [0.25, 0.3) is 0 Å². The molecule has 5 rings (SSSR count). The number of pyridine rings is 1. The van der Waals surface area contributed by atoms with Gasteiger partial charge in [-0.05, 0) is 37.7 Å². The van der Waals surface area contributed by atoms with Gasteiger partial charge in [-0.2, -0.15) is 0 Å². The van der Waals surface area contributed by atoms with E-state index in [-0.39, 0.29) is 17.4 Å². The molecule has 2 saturated heterocycles. The molecule has 1 aliphatic carbocycles. The fourth-order valence-electron chi connectivity index (χ4n) is 5.57. The number of hydrogen-bond acceptors (Lipinski definition) is 4. The van der Waals surface area contributed by atoms with Crippen LogP contribution in [0.4, 0.5) is 0 Å². The van der Waals surface area contributed by atoms with Gasteiger partial charge < -0.3 is 14.2 Å². The van der Waals surface area contributed by atoms with E-state index in [2.05, 4.69) is 28.0 Å². The average Bonchev–Trinajstić information content (AvgIpc) is 3.15. The number of hydrogen-bond donors (Lipinski definition) is 0. The lowest BCUT2D eigenvalue weighted by atomic mass is 9.82. The predicted octanol–water partition coefficient (Wildman–Crippen LogP) is 1.98. The number of amides is 1. The third kappa shape index (κ3) is 3.80. The van der Waals surface area contributed by atoms with E-state index in [1.165, 1.54) is 0 Å². The zero-order chi connectivity index (χ0) is 19.8. The topological polar surface area (TPSA) is 54.8 Å². The Labute approximate surface area is 172 Å². The molecule has 0 N–H and O–H groups in total. The van der Waals surface area contributed by atoms with Gasteiger partial charge in [0.05, 0.1) is 6.61 Å². The van der Waals surface area contributed by atoms with Crippen molar-refractivity contribution < 1.29 is 9.53 Å². The maximum absolute atomic E-state index is 13.2. The van der Waals surface area contributed by atoms with Crippen molar-refractivity contribution >= 4 is 5.91 Å². The van der Waals surface area contributed by atoms with Crippen LogP contribution in [0.2, 0.25) is 0 Å². The summed E-state index contributed by atoms with van der Waals surface area (Å²) in [4.78, 5) is 30.6. The summed E-state index contributed by atoms with van der Waals surface area (Å²) >= 11 is 0. The first-order chi connectivity index (χ1) is 14.2. The van der Waals surface area contributed by atoms with E-state index in [0.717, 1.165) is 82.9 Å². The Morgan fingerprint density at radius 3 is 2.79 bits per heavy atom. The van der Waals surface area contributed by atoms with Gasteiger partial charge in [-0.3, -0.25) is 14.5 Å². The number of ether oxygens (including phenoxy) is 1. The largest absolute Gasteiger partial charge is 0.380 e. The smallest absolute Gasteiger partial charge is 0.255 e. The molecule has 0 saturated carbocycles. The van der Waals surface area contributed by atoms with Gasteiger partial charge in [0.15, 0.2) is 0 Å². The quantitative estimate of drug-likeness (QED) is 0.732. The molecule has 2 fully saturated rings. The van der Waals surface area contributed by atoms with Gasteiger partial charge in [0, 0.05) is 69.0 Å². The molecule has 6 heteroatoms. The van der Waals surface area contributed by atoms with Crippen LogP contribution < -0.4 is 5.56 Å². The number of fused-ring (bicyclic) bond motifs is 4. The number of nitrogens with zero attached hydrogens (tertiary/aromatic N) is 3. The summed E-state index contributed by atoms with van der Waals surface area (Å²) in [5.74, 6) is 1.12. The van der Waals surface area contributed by atoms with Gasteiger partial charge in [-0.15, -0.1) is 0 Å². The van der Waals surface area contributed by atoms with Crippen molar-refractivity contribution in [1.29, 1.82) is 0 Å². The summed E-state index contributed by atoms with van der Waals surface area (Å²) in [5.41, 5.74) is 2.18. The van der Waals surface area contributed by atoms with Crippen LogP contribution >= 0.6 is 0 Å². The molecule has 1 amide bonds. The van der Waals surface area contributed by atoms with Crippen molar-refractivity contribution in [3.63, 3.8) is 0 Å². The Morgan fingerprint density at radius 1 is 1.07 bits per heavy atom. The molecular formula is C23H31N3O3. The van der Waals surface area contributed by atoms with Crippen LogP contribution in [-0.2, 0) is 22.6 Å². The Balaban J connectivity index is 1.33. The van der Waals surface area contributed by atoms with E-state index >= 15 is 0 Å². The number of carbonyl (C=O) groups is 1. The molecule has 0 unspecified atom stereocenters. The molecule has 3 aliphatic heterocycles. The third-order valence-electron chi connectivity index (χ3n) is 7.06. The highest BCUT2D eigenvalue weighted by molar-refractivity contribution is 5.80. The van der Waals surface area contributed by atoms with E-state index in [1.54, 1.807) is 0 Å². The van der Waals surface area contributed by atoms with Crippen molar-refractivity contribution in [3.05, 3.63) is 45.9 Å². The molecule has 4 aliphatic rings. The molecule has 29 heavy (non-hydrogen) atoms. The molecule has 2 atom stereocenters. The van der Waals surface area contributed by atoms with Gasteiger partial charge >= 0.3 is 0 Å². The van der Waals surface area contributed by atoms with E-state index in [1.807, 2.05) is 10.6 Å². The number of allylic oxidation sites excluding steroid dienone is 2. The fraction of sp³-hybridized carbons (Fsp3) is 0.652. The molecule has 6 nitrogen and oxygen atoms in total. The second kappa shape index (κ2) is 8.07. The van der Waals surface area contributed by atoms with E-state index in [0.29, 0.717) is 18.4 Å². The van der Waals surface area contributed by atoms with Crippen molar-refractivity contribution in [2.24, 2.45) is 11.8 Å². The van der Waals surface area contributed by atoms with E-state index in [9.17, 15) is 9.59 Å². The third-order valence-corrected chi connectivity index (χ3v) is 7.06. The summed E-state index contributed by atoms with van der Waals surface area (Å²) in [7, 11) is 0. The summed E-state index contributed by atoms with van der Waals surface area (Å²) in [6.45, 7) is 6.44. The SMILES string of the molecule is O=C(C1CC=CC1)N1C[C@@H]2C[C@H](C1)c1ccc(CN3CCCOCC3)c(=O)n1C2. The second-order valence-electron chi connectivity index (χ2n) is 9.12. The Bertz CT molecular complexity index is 845. The zero-order valence-electron chi connectivity index (χ0n) is 17.1. The van der Waals surface area contributed by atoms with Crippen LogP contribution in [0.3, 0.4) is 0 Å². The van der Waals surface area contributed by atoms with Gasteiger partial charge in [0.2, 0.25) is 5.91 Å². The highest BCUT2D eigenvalue weighted by Gasteiger charge is 2.38. The predicted molar refractivity (Wildman–Crippen MR) is 111 cm³/mol. The van der Waals surface area contributed by atoms with Crippen LogP contribution in [0.1, 0.15) is 42.9 Å². The number of piperidine rings is 1. The lowest BCUT2D eigenvalue weighted by Gasteiger charge is -2.43. The van der Waals surface area contributed by atoms with Crippen LogP contribution in [-0.4, -0.2) is 59.7 Å². The molecular weight excluding hydrogens is 366 g/mol. The van der Waals surface area contributed by atoms with Crippen LogP contribution in [0.5, 0.6) is 0 Å². The molecule has 1 aromatic heterocycles. The molecule has 0 radical (unpaired) electrons. The molecule has 0 spiro atoms. The monoisotopic (exact) mass is 397 g/mol. The summed E-state index contributed by atoms with van der Waals surface area (Å²) < 4.78 is 7.55. The fourth-order valence-corrected chi connectivity index (χ4v) is 5.57. The maximum Gasteiger partial charge on any atom is 0.255 e. The Morgan fingerprint density at radius 2 is 1.93 bits per heavy atom. The molecule has 0 aromatic carbocycles. The molecule has 156 valence electrons. The minimum Gasteiger partial charge on any atom is -0.380 e. The molecule has 1 aromatic rings. The lowest BCUT2D eigenvalue weighted by Crippen LogP contribution is -2.50. The number of rotatable bonds is 3. The van der Waals surface area contributed by atoms with Crippen LogP contribution in [0.15, 0.2) is 29.1 Å². The van der Waals surface area contributed by atoms with E-state index < -0.39 is 0 Å². The minimum absolute atomic E-state index is 0.135. The van der Waals surface area contributed by atoms with Crippen molar-refractivity contribution in [2.45, 2.75) is 44.7 Å². The van der Waals surface area contributed by atoms with Gasteiger partial charge in [0.1, 0.15) is 0 Å². The van der Waals surface area contributed by atoms with Gasteiger partial charge in [-0.25, -0.2) is 0 Å². The van der Waals surface area contributed by atoms with Crippen molar-refractivity contribution in [2.75, 3.05) is 39.4 Å². The maximum atomic E-state index is 13.2. The molecule has 2 bridgehead atoms. The summed E-state index contributed by atoms with van der Waals surface area (Å²) in [6, 6.07) is 4.18. The zero-order valence-corrected chi connectivity index (χ0v) is 17.1. The number of aromatic nitrogens is 1. The van der Waals surface area contributed by atoms with Gasteiger partial charge in [-0.1, -0.05) is 18.2 Å². The normalized spacial score (nSPS) is 27.7. The Hall–Kier alpha value is -1.92. The minimum atomic E-state index is 0.135. The first kappa shape index (κ1) is 19.1. The highest BCUT2D eigenvalue weighted by Crippen LogP contribution is 2.36. The van der Waals surface area contributed by atoms with Gasteiger partial charge in [0.25, 0.3) is 5.56 Å². The highest BCUT2D eigenvalue weighted by atomic mass is 16.5. The number of carbonyl (C=O) groups excluding carboxylic acids is 1. The van der Waals surface area contributed by atoms with E-state index in [4.69, 9.17) is 4.74 Å². The summed E-state index contributed by atoms with van der Waals surface area (Å²) in [6.07, 6.45) is 8.13.